The molecule has 0 aromatic heterocycles. The Bertz CT molecular complexity index is 324. The van der Waals surface area contributed by atoms with E-state index in [1.54, 1.807) is 27.7 Å². The van der Waals surface area contributed by atoms with Gasteiger partial charge in [0, 0.05) is 13.2 Å². The first-order valence-electron chi connectivity index (χ1n) is 6.98. The molecule has 0 radical (unpaired) electrons. The molecule has 0 aliphatic heterocycles. The Morgan fingerprint density at radius 3 is 2.20 bits per heavy atom. The highest BCUT2D eigenvalue weighted by molar-refractivity contribution is 5.76. The third-order valence-corrected chi connectivity index (χ3v) is 3.16. The minimum Gasteiger partial charge on any atom is -0.481 e. The minimum absolute atomic E-state index is 0.0270. The molecule has 0 aliphatic rings. The Hall–Kier alpha value is -1.30. The average Bonchev–Trinajstić information content (AvgIpc) is 2.31. The van der Waals surface area contributed by atoms with Gasteiger partial charge in [-0.15, -0.1) is 0 Å². The normalized spacial score (nSPS) is 14.4. The van der Waals surface area contributed by atoms with Crippen LogP contribution in [-0.4, -0.2) is 41.0 Å². The van der Waals surface area contributed by atoms with E-state index in [9.17, 15) is 14.7 Å². The van der Waals surface area contributed by atoms with Gasteiger partial charge in [0.05, 0.1) is 5.41 Å². The lowest BCUT2D eigenvalue weighted by Crippen LogP contribution is -2.44. The summed E-state index contributed by atoms with van der Waals surface area (Å²) >= 11 is 0. The summed E-state index contributed by atoms with van der Waals surface area (Å²) in [5, 5.41) is 20.7. The number of aliphatic hydroxyl groups is 1. The fourth-order valence-corrected chi connectivity index (χ4v) is 1.85. The average molecular weight is 289 g/mol. The number of ether oxygens (including phenoxy) is 1. The zero-order valence-corrected chi connectivity index (χ0v) is 12.9. The molecule has 1 atom stereocenters. The quantitative estimate of drug-likeness (QED) is 0.595. The topological polar surface area (TPSA) is 95.9 Å². The first kappa shape index (κ1) is 18.7. The standard InChI is InChI=1S/C14H27NO5/c1-5-14(11(17)18,8-6-7-9-16)10-15-12(19)20-13(2,3)4/h16H,5-10H2,1-4H3,(H,15,19)(H,17,18). The highest BCUT2D eigenvalue weighted by atomic mass is 16.6. The van der Waals surface area contributed by atoms with Crippen LogP contribution < -0.4 is 5.32 Å². The van der Waals surface area contributed by atoms with Crippen LogP contribution in [0.5, 0.6) is 0 Å². The van der Waals surface area contributed by atoms with E-state index < -0.39 is 23.1 Å². The number of amides is 1. The molecule has 0 heterocycles. The molecular formula is C14H27NO5. The lowest BCUT2D eigenvalue weighted by molar-refractivity contribution is -0.149. The Morgan fingerprint density at radius 2 is 1.80 bits per heavy atom. The number of rotatable bonds is 8. The van der Waals surface area contributed by atoms with Crippen LogP contribution in [-0.2, 0) is 9.53 Å². The maximum Gasteiger partial charge on any atom is 0.407 e. The summed E-state index contributed by atoms with van der Waals surface area (Å²) in [6, 6.07) is 0. The van der Waals surface area contributed by atoms with E-state index in [0.29, 0.717) is 25.7 Å². The summed E-state index contributed by atoms with van der Waals surface area (Å²) in [6.07, 6.45) is 1.37. The molecule has 0 rings (SSSR count). The molecule has 118 valence electrons. The van der Waals surface area contributed by atoms with Crippen LogP contribution in [0.1, 0.15) is 53.4 Å². The molecule has 0 spiro atoms. The van der Waals surface area contributed by atoms with Crippen molar-refractivity contribution in [3.63, 3.8) is 0 Å². The van der Waals surface area contributed by atoms with Crippen LogP contribution in [0, 0.1) is 5.41 Å². The number of hydrogen-bond donors (Lipinski definition) is 3. The zero-order chi connectivity index (χ0) is 15.8. The van der Waals surface area contributed by atoms with Crippen molar-refractivity contribution in [2.45, 2.75) is 59.0 Å². The summed E-state index contributed by atoms with van der Waals surface area (Å²) in [5.41, 5.74) is -1.62. The lowest BCUT2D eigenvalue weighted by atomic mass is 9.80. The van der Waals surface area contributed by atoms with Crippen molar-refractivity contribution in [3.05, 3.63) is 0 Å². The van der Waals surface area contributed by atoms with Crippen molar-refractivity contribution < 1.29 is 24.5 Å². The van der Waals surface area contributed by atoms with Gasteiger partial charge in [-0.25, -0.2) is 4.79 Å². The molecule has 1 amide bonds. The van der Waals surface area contributed by atoms with Gasteiger partial charge < -0.3 is 20.3 Å². The smallest absolute Gasteiger partial charge is 0.407 e. The number of carboxylic acids is 1. The van der Waals surface area contributed by atoms with Crippen LogP contribution >= 0.6 is 0 Å². The third-order valence-electron chi connectivity index (χ3n) is 3.16. The van der Waals surface area contributed by atoms with Gasteiger partial charge >= 0.3 is 12.1 Å². The van der Waals surface area contributed by atoms with Gasteiger partial charge in [0.15, 0.2) is 0 Å². The number of nitrogens with one attached hydrogen (secondary N) is 1. The minimum atomic E-state index is -1.01. The monoisotopic (exact) mass is 289 g/mol. The molecule has 1 unspecified atom stereocenters. The van der Waals surface area contributed by atoms with Crippen molar-refractivity contribution >= 4 is 12.1 Å². The second-order valence-corrected chi connectivity index (χ2v) is 5.98. The fraction of sp³-hybridized carbons (Fsp3) is 0.857. The van der Waals surface area contributed by atoms with Crippen LogP contribution in [0.3, 0.4) is 0 Å². The van der Waals surface area contributed by atoms with Gasteiger partial charge in [0.2, 0.25) is 0 Å². The summed E-state index contributed by atoms with van der Waals surface area (Å²) in [7, 11) is 0. The van der Waals surface area contributed by atoms with E-state index in [-0.39, 0.29) is 13.2 Å². The van der Waals surface area contributed by atoms with E-state index in [1.807, 2.05) is 0 Å². The molecule has 20 heavy (non-hydrogen) atoms. The molecule has 0 saturated heterocycles. The van der Waals surface area contributed by atoms with Crippen molar-refractivity contribution in [1.82, 2.24) is 5.32 Å². The van der Waals surface area contributed by atoms with Crippen LogP contribution in [0.15, 0.2) is 0 Å². The molecule has 0 aliphatic carbocycles. The summed E-state index contributed by atoms with van der Waals surface area (Å²) in [4.78, 5) is 23.1. The number of hydrogen-bond acceptors (Lipinski definition) is 4. The van der Waals surface area contributed by atoms with Gasteiger partial charge in [-0.1, -0.05) is 6.92 Å². The second-order valence-electron chi connectivity index (χ2n) is 5.98. The number of alkyl carbamates (subject to hydrolysis) is 1. The molecule has 0 aromatic carbocycles. The Labute approximate surface area is 120 Å². The number of carboxylic acid groups (broad SMARTS) is 1. The van der Waals surface area contributed by atoms with Gasteiger partial charge in [0.1, 0.15) is 5.60 Å². The highest BCUT2D eigenvalue weighted by Crippen LogP contribution is 2.28. The van der Waals surface area contributed by atoms with Crippen molar-refractivity contribution in [2.75, 3.05) is 13.2 Å². The summed E-state index contributed by atoms with van der Waals surface area (Å²) in [5.74, 6) is -0.936. The molecule has 3 N–H and O–H groups in total. The number of carbonyl (C=O) groups excluding carboxylic acids is 1. The van der Waals surface area contributed by atoms with E-state index in [0.717, 1.165) is 0 Å². The largest absolute Gasteiger partial charge is 0.481 e. The number of carbonyl (C=O) groups is 2. The van der Waals surface area contributed by atoms with Gasteiger partial charge in [-0.3, -0.25) is 4.79 Å². The first-order chi connectivity index (χ1) is 9.17. The molecule has 0 aromatic rings. The van der Waals surface area contributed by atoms with Crippen LogP contribution in [0.2, 0.25) is 0 Å². The molecule has 0 bridgehead atoms. The number of aliphatic hydroxyl groups excluding tert-OH is 1. The molecule has 6 heteroatoms. The predicted molar refractivity (Wildman–Crippen MR) is 75.5 cm³/mol. The number of aliphatic carboxylic acids is 1. The van der Waals surface area contributed by atoms with Gasteiger partial charge in [-0.2, -0.15) is 0 Å². The highest BCUT2D eigenvalue weighted by Gasteiger charge is 2.36. The molecule has 6 nitrogen and oxygen atoms in total. The fourth-order valence-electron chi connectivity index (χ4n) is 1.85. The van der Waals surface area contributed by atoms with Crippen LogP contribution in [0.4, 0.5) is 4.79 Å². The Balaban J connectivity index is 4.57. The second kappa shape index (κ2) is 8.09. The Morgan fingerprint density at radius 1 is 1.20 bits per heavy atom. The Kier molecular flexibility index (Phi) is 7.57. The third kappa shape index (κ3) is 6.75. The summed E-state index contributed by atoms with van der Waals surface area (Å²) in [6.45, 7) is 7.09. The van der Waals surface area contributed by atoms with Crippen molar-refractivity contribution in [2.24, 2.45) is 5.41 Å². The van der Waals surface area contributed by atoms with E-state index in [1.165, 1.54) is 0 Å². The number of unbranched alkanes of at least 4 members (excludes halogenated alkanes) is 1. The van der Waals surface area contributed by atoms with E-state index >= 15 is 0 Å². The van der Waals surface area contributed by atoms with Gasteiger partial charge in [0.25, 0.3) is 0 Å². The van der Waals surface area contributed by atoms with E-state index in [4.69, 9.17) is 9.84 Å². The predicted octanol–water partition coefficient (Wildman–Crippen LogP) is 2.15. The van der Waals surface area contributed by atoms with E-state index in [2.05, 4.69) is 5.32 Å². The zero-order valence-electron chi connectivity index (χ0n) is 12.9. The first-order valence-corrected chi connectivity index (χ1v) is 6.98. The maximum atomic E-state index is 11.6. The summed E-state index contributed by atoms with van der Waals surface area (Å²) < 4.78 is 5.10. The lowest BCUT2D eigenvalue weighted by Gasteiger charge is -2.29. The van der Waals surface area contributed by atoms with Gasteiger partial charge in [-0.05, 0) is 46.5 Å². The molecule has 0 saturated carbocycles. The van der Waals surface area contributed by atoms with Crippen LogP contribution in [0.25, 0.3) is 0 Å². The molecular weight excluding hydrogens is 262 g/mol. The van der Waals surface area contributed by atoms with Crippen molar-refractivity contribution in [1.29, 1.82) is 0 Å². The van der Waals surface area contributed by atoms with Crippen molar-refractivity contribution in [3.8, 4) is 0 Å². The maximum absolute atomic E-state index is 11.6. The SMILES string of the molecule is CCC(CCCCO)(CNC(=O)OC(C)(C)C)C(=O)O. The molecule has 0 fully saturated rings.